The summed E-state index contributed by atoms with van der Waals surface area (Å²) in [5.41, 5.74) is 3.60. The molecule has 260 valence electrons. The van der Waals surface area contributed by atoms with Crippen molar-refractivity contribution in [1.82, 2.24) is 4.98 Å². The van der Waals surface area contributed by atoms with E-state index in [9.17, 15) is 10.1 Å². The number of nitrogens with one attached hydrogen (secondary N) is 2. The van der Waals surface area contributed by atoms with Crippen molar-refractivity contribution in [1.29, 1.82) is 5.26 Å². The lowest BCUT2D eigenvalue weighted by Crippen LogP contribution is -2.67. The number of fused-ring (bicyclic) bond motifs is 2. The summed E-state index contributed by atoms with van der Waals surface area (Å²) in [7, 11) is -2.76. The maximum atomic E-state index is 12.8. The molecule has 0 saturated carbocycles. The molecule has 51 heavy (non-hydrogen) atoms. The summed E-state index contributed by atoms with van der Waals surface area (Å²) in [6, 6.07) is 39.9. The minimum atomic E-state index is -2.76. The second-order valence-corrected chi connectivity index (χ2v) is 20.3. The number of nitriles is 1. The van der Waals surface area contributed by atoms with E-state index in [1.54, 1.807) is 29.6 Å². The van der Waals surface area contributed by atoms with Gasteiger partial charge in [0.1, 0.15) is 0 Å². The molecule has 5 aromatic rings. The highest BCUT2D eigenvalue weighted by molar-refractivity contribution is 8.05. The smallest absolute Gasteiger partial charge is 0.261 e. The summed E-state index contributed by atoms with van der Waals surface area (Å²) < 4.78 is 12.7. The normalized spacial score (nSPS) is 15.0. The number of anilines is 2. The minimum Gasteiger partial charge on any atom is -0.405 e. The van der Waals surface area contributed by atoms with E-state index in [1.165, 1.54) is 10.4 Å². The number of morpholine rings is 1. The van der Waals surface area contributed by atoms with Crippen molar-refractivity contribution in [3.8, 4) is 17.3 Å². The average Bonchev–Trinajstić information content (AvgIpc) is 3.14. The molecule has 2 N–H and O–H groups in total. The number of pyridine rings is 1. The predicted octanol–water partition coefficient (Wildman–Crippen LogP) is 7.77. The van der Waals surface area contributed by atoms with Gasteiger partial charge >= 0.3 is 0 Å². The zero-order valence-corrected chi connectivity index (χ0v) is 31.8. The second kappa shape index (κ2) is 15.2. The van der Waals surface area contributed by atoms with E-state index in [2.05, 4.69) is 133 Å². The number of hydrogen-bond acceptors (Lipinski definition) is 8. The predicted molar refractivity (Wildman–Crippen MR) is 211 cm³/mol. The van der Waals surface area contributed by atoms with Crippen LogP contribution in [-0.4, -0.2) is 52.3 Å². The number of rotatable bonds is 10. The Bertz CT molecular complexity index is 2050. The minimum absolute atomic E-state index is 0.109. The zero-order valence-electron chi connectivity index (χ0n) is 29.1. The van der Waals surface area contributed by atoms with Gasteiger partial charge in [-0.15, -0.1) is 0 Å². The first-order valence-electron chi connectivity index (χ1n) is 17.3. The molecule has 1 fully saturated rings. The summed E-state index contributed by atoms with van der Waals surface area (Å²) in [5, 5.41) is 15.8. The van der Waals surface area contributed by atoms with Crippen LogP contribution in [0.2, 0.25) is 5.04 Å². The van der Waals surface area contributed by atoms with Gasteiger partial charge in [-0.05, 0) is 45.7 Å². The van der Waals surface area contributed by atoms with Gasteiger partial charge in [-0.2, -0.15) is 5.26 Å². The lowest BCUT2D eigenvalue weighted by molar-refractivity contribution is 0.122. The van der Waals surface area contributed by atoms with Crippen molar-refractivity contribution in [2.75, 3.05) is 43.1 Å². The topological polar surface area (TPSA) is 90.4 Å². The van der Waals surface area contributed by atoms with E-state index in [4.69, 9.17) is 9.16 Å². The fourth-order valence-electron chi connectivity index (χ4n) is 7.07. The third kappa shape index (κ3) is 7.41. The Kier molecular flexibility index (Phi) is 10.5. The Hall–Kier alpha value is -4.24. The van der Waals surface area contributed by atoms with Crippen LogP contribution in [0.25, 0.3) is 11.3 Å². The molecule has 4 aromatic carbocycles. The van der Waals surface area contributed by atoms with E-state index in [0.717, 1.165) is 55.3 Å². The Morgan fingerprint density at radius 3 is 2.25 bits per heavy atom. The molecule has 1 saturated heterocycles. The van der Waals surface area contributed by atoms with E-state index in [1.807, 2.05) is 12.1 Å². The lowest BCUT2D eigenvalue weighted by atomic mass is 10.1. The quantitative estimate of drug-likeness (QED) is 0.138. The summed E-state index contributed by atoms with van der Waals surface area (Å²) >= 11 is 3.45. The number of nitrogens with zero attached hydrogens (tertiary/aromatic N) is 2. The Labute approximate surface area is 309 Å². The highest BCUT2D eigenvalue weighted by Crippen LogP contribution is 2.52. The molecular weight excluding hydrogens is 689 g/mol. The van der Waals surface area contributed by atoms with Gasteiger partial charge in [0, 0.05) is 55.7 Å². The van der Waals surface area contributed by atoms with Gasteiger partial charge in [-0.1, -0.05) is 117 Å². The molecule has 0 bridgehead atoms. The van der Waals surface area contributed by atoms with Crippen LogP contribution in [0, 0.1) is 11.3 Å². The van der Waals surface area contributed by atoms with Gasteiger partial charge in [0.15, 0.2) is 0 Å². The second-order valence-electron chi connectivity index (χ2n) is 13.9. The fraction of sp³-hybridized carbons (Fsp3) is 0.268. The number of hydrogen-bond donors (Lipinski definition) is 2. The van der Waals surface area contributed by atoms with Gasteiger partial charge in [0.05, 0.1) is 44.0 Å². The first-order chi connectivity index (χ1) is 24.7. The number of aromatic nitrogens is 1. The number of H-pyrrole nitrogens is 1. The molecule has 1 aromatic heterocycles. The van der Waals surface area contributed by atoms with E-state index in [0.29, 0.717) is 26.2 Å². The average molecular weight is 731 g/mol. The fourth-order valence-corrected chi connectivity index (χ4v) is 14.1. The van der Waals surface area contributed by atoms with E-state index in [-0.39, 0.29) is 16.6 Å². The van der Waals surface area contributed by atoms with Crippen LogP contribution in [0.3, 0.4) is 0 Å². The monoisotopic (exact) mass is 730 g/mol. The van der Waals surface area contributed by atoms with Crippen molar-refractivity contribution in [2.45, 2.75) is 57.9 Å². The first kappa shape index (κ1) is 35.2. The molecule has 0 amide bonds. The van der Waals surface area contributed by atoms with Gasteiger partial charge < -0.3 is 24.4 Å². The molecule has 0 radical (unpaired) electrons. The van der Waals surface area contributed by atoms with Crippen LogP contribution in [0.4, 0.5) is 11.4 Å². The number of aromatic amines is 1. The highest BCUT2D eigenvalue weighted by atomic mass is 32.2. The van der Waals surface area contributed by atoms with Crippen LogP contribution in [0.1, 0.15) is 27.2 Å². The molecule has 3 heterocycles. The molecule has 7 nitrogen and oxygen atoms in total. The van der Waals surface area contributed by atoms with Gasteiger partial charge in [-0.3, -0.25) is 4.79 Å². The third-order valence-corrected chi connectivity index (χ3v) is 17.1. The van der Waals surface area contributed by atoms with Crippen LogP contribution in [-0.2, 0) is 9.16 Å². The maximum absolute atomic E-state index is 12.8. The van der Waals surface area contributed by atoms with Crippen LogP contribution in [0.5, 0.6) is 0 Å². The van der Waals surface area contributed by atoms with Crippen molar-refractivity contribution in [3.05, 3.63) is 120 Å². The maximum Gasteiger partial charge on any atom is 0.261 e. The summed E-state index contributed by atoms with van der Waals surface area (Å²) in [4.78, 5) is 22.7. The highest BCUT2D eigenvalue weighted by Gasteiger charge is 2.50. The lowest BCUT2D eigenvalue weighted by Gasteiger charge is -2.43. The van der Waals surface area contributed by atoms with E-state index < -0.39 is 8.32 Å². The Balaban J connectivity index is 1.13. The molecule has 7 rings (SSSR count). The molecule has 0 spiro atoms. The Morgan fingerprint density at radius 2 is 1.59 bits per heavy atom. The molecule has 1 atom stereocenters. The molecule has 2 aliphatic heterocycles. The first-order valence-corrected chi connectivity index (χ1v) is 20.9. The summed E-state index contributed by atoms with van der Waals surface area (Å²) in [6.07, 6.45) is 0.311. The SMILES string of the molecule is CC(C)(C)[Si](OCC(CC#N)Nc1ccc2c(c1)Sc1cccc(-c3cc(N4CCOCC4)cc(=O)[nH]3)c1S2)(c1ccccc1)c1ccccc1. The van der Waals surface area contributed by atoms with E-state index >= 15 is 0 Å². The standard InChI is InChI=1S/C41H42N4O3S2Si/c1-41(2,3)51(32-11-6-4-7-12-32,33-13-8-5-9-14-33)48-28-30(19-20-42)43-29-17-18-36-38(25-29)49-37-16-10-15-34(40(37)50-36)35-26-31(27-39(46)44-35)45-21-23-47-24-22-45/h4-18,25-27,30,43H,19,21-24,28H2,1-3H3,(H,44,46). The molecule has 1 unspecified atom stereocenters. The van der Waals surface area contributed by atoms with Crippen LogP contribution in [0.15, 0.2) is 134 Å². The summed E-state index contributed by atoms with van der Waals surface area (Å²) in [6.45, 7) is 10.1. The summed E-state index contributed by atoms with van der Waals surface area (Å²) in [5.74, 6) is 0. The van der Waals surface area contributed by atoms with Crippen molar-refractivity contribution >= 4 is 53.6 Å². The van der Waals surface area contributed by atoms with Crippen molar-refractivity contribution in [3.63, 3.8) is 0 Å². The zero-order chi connectivity index (χ0) is 35.4. The molecule has 0 aliphatic carbocycles. The molecule has 2 aliphatic rings. The van der Waals surface area contributed by atoms with Gasteiger partial charge in [-0.25, -0.2) is 0 Å². The van der Waals surface area contributed by atoms with Crippen molar-refractivity contribution in [2.24, 2.45) is 0 Å². The van der Waals surface area contributed by atoms with Crippen LogP contribution >= 0.6 is 23.5 Å². The van der Waals surface area contributed by atoms with Crippen LogP contribution < -0.4 is 26.1 Å². The Morgan fingerprint density at radius 1 is 0.882 bits per heavy atom. The molecule has 10 heteroatoms. The van der Waals surface area contributed by atoms with Gasteiger partial charge in [0.2, 0.25) is 5.56 Å². The number of benzene rings is 4. The van der Waals surface area contributed by atoms with Gasteiger partial charge in [0.25, 0.3) is 8.32 Å². The third-order valence-electron chi connectivity index (χ3n) is 9.48. The van der Waals surface area contributed by atoms with Crippen molar-refractivity contribution < 1.29 is 9.16 Å². The molecular formula is C41H42N4O3S2Si. The largest absolute Gasteiger partial charge is 0.405 e. The number of ether oxygens (including phenoxy) is 1.